The molecule has 7 rings (SSSR count). The SMILES string of the molecule is CC(C)(C)c1ccc2c3c1c(=O)c(=O)c3c1ccc(C(C)(C)C)c3c4nc5c(F)c(F)c(F)c(F)c5nc4c2c13. The zero-order valence-corrected chi connectivity index (χ0v) is 22.5. The van der Waals surface area contributed by atoms with Gasteiger partial charge < -0.3 is 0 Å². The highest BCUT2D eigenvalue weighted by atomic mass is 19.2. The number of hydrogen-bond acceptors (Lipinski definition) is 4. The van der Waals surface area contributed by atoms with Crippen molar-refractivity contribution < 1.29 is 17.6 Å². The first-order valence-corrected chi connectivity index (χ1v) is 12.9. The van der Waals surface area contributed by atoms with Crippen LogP contribution in [-0.2, 0) is 10.8 Å². The van der Waals surface area contributed by atoms with E-state index in [1.165, 1.54) is 0 Å². The predicted octanol–water partition coefficient (Wildman–Crippen LogP) is 7.58. The summed E-state index contributed by atoms with van der Waals surface area (Å²) in [6, 6.07) is 7.22. The molecule has 200 valence electrons. The molecule has 4 nitrogen and oxygen atoms in total. The summed E-state index contributed by atoms with van der Waals surface area (Å²) >= 11 is 0. The lowest BCUT2D eigenvalue weighted by atomic mass is 9.81. The van der Waals surface area contributed by atoms with Crippen molar-refractivity contribution in [3.8, 4) is 0 Å². The molecule has 0 radical (unpaired) electrons. The molecule has 8 heteroatoms. The van der Waals surface area contributed by atoms with Gasteiger partial charge in [0.15, 0.2) is 23.3 Å². The van der Waals surface area contributed by atoms with E-state index in [2.05, 4.69) is 9.97 Å². The van der Waals surface area contributed by atoms with E-state index in [0.29, 0.717) is 43.3 Å². The van der Waals surface area contributed by atoms with Crippen LogP contribution in [0.5, 0.6) is 0 Å². The minimum atomic E-state index is -1.97. The van der Waals surface area contributed by atoms with Crippen molar-refractivity contribution in [1.29, 1.82) is 0 Å². The summed E-state index contributed by atoms with van der Waals surface area (Å²) in [5, 5.41) is 3.70. The molecular weight excluding hydrogens is 520 g/mol. The molecule has 6 aromatic carbocycles. The molecule has 0 aliphatic carbocycles. The Labute approximate surface area is 224 Å². The molecule has 0 bridgehead atoms. The summed E-state index contributed by atoms with van der Waals surface area (Å²) in [7, 11) is 0. The second kappa shape index (κ2) is 7.30. The molecule has 0 saturated carbocycles. The molecule has 0 aliphatic heterocycles. The molecule has 0 amide bonds. The zero-order valence-electron chi connectivity index (χ0n) is 22.5. The maximum Gasteiger partial charge on any atom is 0.234 e. The fourth-order valence-electron chi connectivity index (χ4n) is 6.34. The highest BCUT2D eigenvalue weighted by Crippen LogP contribution is 2.49. The molecule has 0 N–H and O–H groups in total. The fraction of sp³-hybridized carbons (Fsp3) is 0.250. The van der Waals surface area contributed by atoms with Crippen molar-refractivity contribution in [2.24, 2.45) is 0 Å². The third kappa shape index (κ3) is 2.81. The quantitative estimate of drug-likeness (QED) is 0.0652. The Morgan fingerprint density at radius 1 is 0.475 bits per heavy atom. The van der Waals surface area contributed by atoms with Gasteiger partial charge in [-0.25, -0.2) is 27.5 Å². The summed E-state index contributed by atoms with van der Waals surface area (Å²) in [6.07, 6.45) is 0. The highest BCUT2D eigenvalue weighted by molar-refractivity contribution is 6.42. The molecule has 0 aliphatic rings. The van der Waals surface area contributed by atoms with Crippen LogP contribution >= 0.6 is 0 Å². The number of hydrogen-bond donors (Lipinski definition) is 0. The van der Waals surface area contributed by atoms with Crippen LogP contribution in [0.2, 0.25) is 0 Å². The monoisotopic (exact) mass is 542 g/mol. The summed E-state index contributed by atoms with van der Waals surface area (Å²) in [5.74, 6) is -7.20. The van der Waals surface area contributed by atoms with E-state index in [1.807, 2.05) is 47.6 Å². The number of nitrogens with zero attached hydrogens (tertiary/aromatic N) is 2. The topological polar surface area (TPSA) is 59.9 Å². The van der Waals surface area contributed by atoms with Gasteiger partial charge in [0.05, 0.1) is 11.0 Å². The lowest BCUT2D eigenvalue weighted by molar-refractivity contribution is 0.416. The standard InChI is InChI=1S/C32H22F4N2O2/c1-31(2,3)13-9-8-12-15-17(11-7-10-14(32(4,5)6)20-16(11)18(12)29(39)30(20)40)25-26(19(13)15)38-28-24(36)22(34)21(33)23(35)27(28)37-25/h7-10H,1-6H3. The molecule has 7 aromatic rings. The van der Waals surface area contributed by atoms with Gasteiger partial charge in [-0.15, -0.1) is 0 Å². The van der Waals surface area contributed by atoms with Gasteiger partial charge in [0.2, 0.25) is 10.9 Å². The summed E-state index contributed by atoms with van der Waals surface area (Å²) in [6.45, 7) is 11.8. The molecule has 0 saturated heterocycles. The zero-order chi connectivity index (χ0) is 28.8. The van der Waals surface area contributed by atoms with Gasteiger partial charge >= 0.3 is 0 Å². The van der Waals surface area contributed by atoms with Gasteiger partial charge in [-0.1, -0.05) is 65.8 Å². The summed E-state index contributed by atoms with van der Waals surface area (Å²) < 4.78 is 58.4. The Bertz CT molecular complexity index is 2370. The van der Waals surface area contributed by atoms with E-state index >= 15 is 0 Å². The smallest absolute Gasteiger partial charge is 0.234 e. The Kier molecular flexibility index (Phi) is 4.53. The van der Waals surface area contributed by atoms with Crippen molar-refractivity contribution in [3.05, 3.63) is 79.1 Å². The first-order chi connectivity index (χ1) is 18.6. The molecule has 0 spiro atoms. The van der Waals surface area contributed by atoms with E-state index in [0.717, 1.165) is 5.56 Å². The number of aromatic nitrogens is 2. The van der Waals surface area contributed by atoms with E-state index in [1.54, 1.807) is 18.2 Å². The third-order valence-electron chi connectivity index (χ3n) is 8.09. The minimum Gasteiger partial charge on any atom is -0.285 e. The van der Waals surface area contributed by atoms with Crippen LogP contribution in [0.1, 0.15) is 52.7 Å². The van der Waals surface area contributed by atoms with Gasteiger partial charge in [-0.3, -0.25) is 9.59 Å². The van der Waals surface area contributed by atoms with Crippen molar-refractivity contribution in [2.45, 2.75) is 52.4 Å². The van der Waals surface area contributed by atoms with Gasteiger partial charge in [0.25, 0.3) is 0 Å². The lowest BCUT2D eigenvalue weighted by Crippen LogP contribution is -2.20. The van der Waals surface area contributed by atoms with Gasteiger partial charge in [0, 0.05) is 32.3 Å². The van der Waals surface area contributed by atoms with E-state index in [4.69, 9.17) is 0 Å². The molecule has 0 fully saturated rings. The minimum absolute atomic E-state index is 0.154. The van der Waals surface area contributed by atoms with Crippen LogP contribution < -0.4 is 10.9 Å². The normalized spacial score (nSPS) is 13.4. The molecule has 1 aromatic heterocycles. The lowest BCUT2D eigenvalue weighted by Gasteiger charge is -2.22. The van der Waals surface area contributed by atoms with E-state index < -0.39 is 56.0 Å². The van der Waals surface area contributed by atoms with Crippen LogP contribution in [0.3, 0.4) is 0 Å². The number of halogens is 4. The van der Waals surface area contributed by atoms with Crippen LogP contribution in [0.25, 0.3) is 65.2 Å². The van der Waals surface area contributed by atoms with Crippen LogP contribution in [0.15, 0.2) is 33.9 Å². The Morgan fingerprint density at radius 2 is 0.875 bits per heavy atom. The fourth-order valence-corrected chi connectivity index (χ4v) is 6.34. The average Bonchev–Trinajstić information content (AvgIpc) is 3.35. The van der Waals surface area contributed by atoms with Crippen LogP contribution in [-0.4, -0.2) is 9.97 Å². The van der Waals surface area contributed by atoms with Gasteiger partial charge in [-0.05, 0) is 32.7 Å². The van der Waals surface area contributed by atoms with Crippen molar-refractivity contribution in [2.75, 3.05) is 0 Å². The molecule has 40 heavy (non-hydrogen) atoms. The Hall–Kier alpha value is -4.20. The highest BCUT2D eigenvalue weighted by Gasteiger charge is 2.32. The van der Waals surface area contributed by atoms with Gasteiger partial charge in [-0.2, -0.15) is 0 Å². The van der Waals surface area contributed by atoms with E-state index in [9.17, 15) is 27.2 Å². The van der Waals surface area contributed by atoms with Crippen molar-refractivity contribution in [3.63, 3.8) is 0 Å². The maximum absolute atomic E-state index is 15.0. The first kappa shape index (κ1) is 24.8. The predicted molar refractivity (Wildman–Crippen MR) is 150 cm³/mol. The average molecular weight is 543 g/mol. The second-order valence-corrected chi connectivity index (χ2v) is 12.6. The first-order valence-electron chi connectivity index (χ1n) is 12.9. The van der Waals surface area contributed by atoms with Gasteiger partial charge in [0.1, 0.15) is 11.0 Å². The molecule has 1 heterocycles. The third-order valence-corrected chi connectivity index (χ3v) is 8.09. The van der Waals surface area contributed by atoms with Crippen LogP contribution in [0, 0.1) is 23.3 Å². The Balaban J connectivity index is 1.89. The van der Waals surface area contributed by atoms with Crippen molar-refractivity contribution in [1.82, 2.24) is 9.97 Å². The number of fused-ring (bicyclic) bond motifs is 6. The second-order valence-electron chi connectivity index (χ2n) is 12.6. The van der Waals surface area contributed by atoms with E-state index in [-0.39, 0.29) is 16.4 Å². The maximum atomic E-state index is 15.0. The summed E-state index contributed by atoms with van der Waals surface area (Å²) in [5.41, 5.74) is -1.76. The Morgan fingerprint density at radius 3 is 1.38 bits per heavy atom. The molecule has 0 unspecified atom stereocenters. The largest absolute Gasteiger partial charge is 0.285 e. The van der Waals surface area contributed by atoms with Crippen molar-refractivity contribution >= 4 is 65.2 Å². The summed E-state index contributed by atoms with van der Waals surface area (Å²) in [4.78, 5) is 35.7. The number of rotatable bonds is 0. The molecular formula is C32H22F4N2O2. The molecule has 0 atom stereocenters. The number of benzene rings is 4. The van der Waals surface area contributed by atoms with Crippen LogP contribution in [0.4, 0.5) is 17.6 Å².